The van der Waals surface area contributed by atoms with E-state index >= 15 is 0 Å². The highest BCUT2D eigenvalue weighted by Crippen LogP contribution is 2.28. The average Bonchev–Trinajstić information content (AvgIpc) is 3.95. The minimum atomic E-state index is -0.860. The van der Waals surface area contributed by atoms with Crippen molar-refractivity contribution in [3.8, 4) is 28.1 Å². The second kappa shape index (κ2) is 18.3. The largest absolute Gasteiger partial charge is 0.493 e. The molecule has 13 nitrogen and oxygen atoms in total. The summed E-state index contributed by atoms with van der Waals surface area (Å²) in [4.78, 5) is 39.4. The van der Waals surface area contributed by atoms with Gasteiger partial charge in [-0.05, 0) is 80.4 Å². The number of aryl methyl sites for hydroxylation is 2. The number of aromatic nitrogens is 5. The van der Waals surface area contributed by atoms with Gasteiger partial charge in [0.05, 0.1) is 37.6 Å². The van der Waals surface area contributed by atoms with Gasteiger partial charge in [-0.2, -0.15) is 4.98 Å². The minimum Gasteiger partial charge on any atom is -0.493 e. The Labute approximate surface area is 321 Å². The number of benzene rings is 2. The predicted molar refractivity (Wildman–Crippen MR) is 209 cm³/mol. The van der Waals surface area contributed by atoms with E-state index in [9.17, 15) is 9.59 Å². The van der Waals surface area contributed by atoms with Gasteiger partial charge in [0.1, 0.15) is 28.8 Å². The SMILES string of the molecule is CCCCOc1nc(CCOc2ccc3[nH]cc(CC(=O)O)c3c2)c(C)o1.Cc1sc(-c2cccnc2)nc1CCOc1ccc2c(ccn2CC(=O)O)c1. The van der Waals surface area contributed by atoms with Crippen LogP contribution in [0.4, 0.5) is 0 Å². The van der Waals surface area contributed by atoms with Crippen LogP contribution in [0.5, 0.6) is 17.6 Å². The maximum absolute atomic E-state index is 11.0. The van der Waals surface area contributed by atoms with Crippen LogP contribution >= 0.6 is 11.3 Å². The number of ether oxygens (including phenoxy) is 3. The van der Waals surface area contributed by atoms with E-state index < -0.39 is 11.9 Å². The molecule has 286 valence electrons. The molecule has 0 saturated carbocycles. The molecule has 0 saturated heterocycles. The zero-order valence-corrected chi connectivity index (χ0v) is 31.7. The maximum Gasteiger partial charge on any atom is 0.393 e. The van der Waals surface area contributed by atoms with Gasteiger partial charge in [0, 0.05) is 69.9 Å². The van der Waals surface area contributed by atoms with Crippen LogP contribution in [-0.4, -0.2) is 66.5 Å². The number of hydrogen-bond donors (Lipinski definition) is 3. The molecule has 0 bridgehead atoms. The first kappa shape index (κ1) is 38.6. The van der Waals surface area contributed by atoms with Crippen molar-refractivity contribution in [1.29, 1.82) is 0 Å². The van der Waals surface area contributed by atoms with Gasteiger partial charge in [-0.15, -0.1) is 11.3 Å². The summed E-state index contributed by atoms with van der Waals surface area (Å²) >= 11 is 1.67. The van der Waals surface area contributed by atoms with E-state index in [1.807, 2.05) is 67.7 Å². The van der Waals surface area contributed by atoms with Crippen LogP contribution in [0.3, 0.4) is 0 Å². The van der Waals surface area contributed by atoms with E-state index in [-0.39, 0.29) is 13.0 Å². The van der Waals surface area contributed by atoms with Gasteiger partial charge in [0.2, 0.25) is 0 Å². The molecule has 55 heavy (non-hydrogen) atoms. The number of pyridine rings is 1. The molecule has 5 heterocycles. The number of hydrogen-bond acceptors (Lipinski definition) is 10. The van der Waals surface area contributed by atoms with Crippen molar-refractivity contribution in [2.75, 3.05) is 19.8 Å². The second-order valence-electron chi connectivity index (χ2n) is 12.8. The third-order valence-electron chi connectivity index (χ3n) is 8.74. The first-order valence-corrected chi connectivity index (χ1v) is 18.8. The van der Waals surface area contributed by atoms with E-state index in [4.69, 9.17) is 33.8 Å². The highest BCUT2D eigenvalue weighted by atomic mass is 32.1. The van der Waals surface area contributed by atoms with Crippen molar-refractivity contribution in [2.24, 2.45) is 0 Å². The lowest BCUT2D eigenvalue weighted by atomic mass is 10.1. The molecule has 3 N–H and O–H groups in total. The van der Waals surface area contributed by atoms with Crippen LogP contribution in [0.2, 0.25) is 0 Å². The predicted octanol–water partition coefficient (Wildman–Crippen LogP) is 8.07. The van der Waals surface area contributed by atoms with E-state index in [0.717, 1.165) is 80.1 Å². The Morgan fingerprint density at radius 3 is 2.44 bits per heavy atom. The number of rotatable bonds is 17. The maximum atomic E-state index is 11.0. The average molecular weight is 766 g/mol. The van der Waals surface area contributed by atoms with Crippen molar-refractivity contribution in [2.45, 2.75) is 59.4 Å². The minimum absolute atomic E-state index is 0.0254. The van der Waals surface area contributed by atoms with Crippen LogP contribution in [0.1, 0.15) is 47.4 Å². The number of H-pyrrole nitrogens is 1. The highest BCUT2D eigenvalue weighted by Gasteiger charge is 2.13. The van der Waals surface area contributed by atoms with Crippen molar-refractivity contribution in [3.05, 3.63) is 107 Å². The van der Waals surface area contributed by atoms with Crippen molar-refractivity contribution < 1.29 is 38.4 Å². The summed E-state index contributed by atoms with van der Waals surface area (Å²) in [5, 5.41) is 20.8. The summed E-state index contributed by atoms with van der Waals surface area (Å²) in [5.41, 5.74) is 5.39. The first-order chi connectivity index (χ1) is 26.7. The molecular formula is C41H43N5O8S. The molecule has 0 aliphatic carbocycles. The summed E-state index contributed by atoms with van der Waals surface area (Å²) in [6, 6.07) is 17.1. The van der Waals surface area contributed by atoms with Crippen molar-refractivity contribution in [3.63, 3.8) is 0 Å². The van der Waals surface area contributed by atoms with E-state index in [2.05, 4.69) is 28.8 Å². The molecule has 14 heteroatoms. The lowest BCUT2D eigenvalue weighted by Crippen LogP contribution is -2.07. The van der Waals surface area contributed by atoms with Crippen LogP contribution in [0.15, 0.2) is 83.8 Å². The van der Waals surface area contributed by atoms with Crippen molar-refractivity contribution in [1.82, 2.24) is 24.5 Å². The molecular weight excluding hydrogens is 723 g/mol. The number of nitrogens with zero attached hydrogens (tertiary/aromatic N) is 4. The van der Waals surface area contributed by atoms with Crippen LogP contribution in [0.25, 0.3) is 32.4 Å². The summed E-state index contributed by atoms with van der Waals surface area (Å²) in [6.07, 6.45) is 10.7. The molecule has 7 aromatic rings. The van der Waals surface area contributed by atoms with Gasteiger partial charge < -0.3 is 38.4 Å². The normalized spacial score (nSPS) is 11.0. The molecule has 0 fully saturated rings. The molecule has 0 radical (unpaired) electrons. The Morgan fingerprint density at radius 2 is 1.69 bits per heavy atom. The molecule has 0 aliphatic heterocycles. The standard InChI is InChI=1S/C21H19N3O3S.C20H24N2O5/c1-14-18(23-21(28-14)16-3-2-8-22-12-16)7-10-27-17-4-5-19-15(11-17)6-9-24(19)13-20(25)26;1-3-4-8-26-20-22-17(13(2)27-20)7-9-25-15-5-6-18-16(11-15)14(12-21-18)10-19(23)24/h2-6,8-9,11-12H,7,10,13H2,1H3,(H,25,26);5-6,11-12,21H,3-4,7-10H2,1-2H3,(H,23,24). The third kappa shape index (κ3) is 10.3. The van der Waals surface area contributed by atoms with Crippen LogP contribution < -0.4 is 14.2 Å². The van der Waals surface area contributed by atoms with Gasteiger partial charge >= 0.3 is 18.0 Å². The quantitative estimate of drug-likeness (QED) is 0.0765. The first-order valence-electron chi connectivity index (χ1n) is 18.0. The molecule has 0 atom stereocenters. The molecule has 2 aromatic carbocycles. The van der Waals surface area contributed by atoms with Gasteiger partial charge in [0.25, 0.3) is 0 Å². The summed E-state index contributed by atoms with van der Waals surface area (Å²) in [6.45, 7) is 7.55. The Balaban J connectivity index is 0.000000187. The number of oxazole rings is 1. The Hall–Kier alpha value is -6.15. The number of carboxylic acids is 2. The van der Waals surface area contributed by atoms with Crippen molar-refractivity contribution >= 4 is 45.1 Å². The lowest BCUT2D eigenvalue weighted by Gasteiger charge is -2.07. The number of nitrogens with one attached hydrogen (secondary N) is 1. The number of aliphatic carboxylic acids is 2. The van der Waals surface area contributed by atoms with E-state index in [0.29, 0.717) is 38.1 Å². The fourth-order valence-corrected chi connectivity index (χ4v) is 6.86. The number of carboxylic acid groups (broad SMARTS) is 2. The Bertz CT molecular complexity index is 2360. The van der Waals surface area contributed by atoms with E-state index in [1.54, 1.807) is 34.5 Å². The molecule has 0 unspecified atom stereocenters. The van der Waals surface area contributed by atoms with Crippen LogP contribution in [-0.2, 0) is 35.4 Å². The van der Waals surface area contributed by atoms with Gasteiger partial charge in [-0.3, -0.25) is 14.6 Å². The van der Waals surface area contributed by atoms with Gasteiger partial charge in [-0.1, -0.05) is 13.3 Å². The Kier molecular flexibility index (Phi) is 12.8. The molecule has 7 rings (SSSR count). The summed E-state index contributed by atoms with van der Waals surface area (Å²) in [7, 11) is 0. The molecule has 5 aromatic heterocycles. The smallest absolute Gasteiger partial charge is 0.393 e. The number of fused-ring (bicyclic) bond motifs is 2. The fraction of sp³-hybridized carbons (Fsp3) is 0.293. The van der Waals surface area contributed by atoms with Crippen LogP contribution in [0, 0.1) is 13.8 Å². The highest BCUT2D eigenvalue weighted by molar-refractivity contribution is 7.15. The molecule has 0 spiro atoms. The number of unbranched alkanes of at least 4 members (excludes halogenated alkanes) is 1. The third-order valence-corrected chi connectivity index (χ3v) is 9.80. The zero-order valence-electron chi connectivity index (χ0n) is 30.9. The number of carbonyl (C=O) groups is 2. The summed E-state index contributed by atoms with van der Waals surface area (Å²) < 4.78 is 24.4. The van der Waals surface area contributed by atoms with Gasteiger partial charge in [0.15, 0.2) is 0 Å². The molecule has 0 amide bonds. The molecule has 0 aliphatic rings. The monoisotopic (exact) mass is 765 g/mol. The Morgan fingerprint density at radius 1 is 0.909 bits per heavy atom. The second-order valence-corrected chi connectivity index (χ2v) is 14.0. The van der Waals surface area contributed by atoms with E-state index in [1.165, 1.54) is 4.88 Å². The summed E-state index contributed by atoms with van der Waals surface area (Å²) in [5.74, 6) is 0.466. The van der Waals surface area contributed by atoms with Gasteiger partial charge in [-0.25, -0.2) is 4.98 Å². The number of thiazole rings is 1. The lowest BCUT2D eigenvalue weighted by molar-refractivity contribution is -0.138. The zero-order chi connectivity index (χ0) is 38.7. The fourth-order valence-electron chi connectivity index (χ4n) is 5.91. The number of aromatic amines is 1. The topological polar surface area (TPSA) is 175 Å².